The van der Waals surface area contributed by atoms with E-state index < -0.39 is 0 Å². The van der Waals surface area contributed by atoms with E-state index >= 15 is 0 Å². The fraction of sp³-hybridized carbons (Fsp3) is 1.00. The lowest BCUT2D eigenvalue weighted by molar-refractivity contribution is -0.0680. The van der Waals surface area contributed by atoms with Crippen LogP contribution in [-0.4, -0.2) is 30.6 Å². The Morgan fingerprint density at radius 3 is 2.06 bits per heavy atom. The van der Waals surface area contributed by atoms with Crippen LogP contribution in [0.3, 0.4) is 0 Å². The second-order valence-electron chi connectivity index (χ2n) is 7.01. The van der Waals surface area contributed by atoms with Crippen LogP contribution >= 0.6 is 0 Å². The van der Waals surface area contributed by atoms with Crippen molar-refractivity contribution in [1.82, 2.24) is 4.90 Å². The maximum Gasteiger partial charge on any atom is 0.0152 e. The van der Waals surface area contributed by atoms with Gasteiger partial charge in [-0.15, -0.1) is 0 Å². The lowest BCUT2D eigenvalue weighted by atomic mass is 9.54. The number of nitrogens with zero attached hydrogens (tertiary/aromatic N) is 1. The van der Waals surface area contributed by atoms with Gasteiger partial charge in [0.25, 0.3) is 0 Å². The molecule has 1 atom stereocenters. The van der Waals surface area contributed by atoms with Crippen molar-refractivity contribution in [1.29, 1.82) is 0 Å². The molecule has 0 amide bonds. The molecule has 4 rings (SSSR count). The third kappa shape index (κ3) is 2.04. The van der Waals surface area contributed by atoms with Crippen molar-refractivity contribution in [3.05, 3.63) is 0 Å². The Morgan fingerprint density at radius 1 is 1.06 bits per heavy atom. The average Bonchev–Trinajstić information content (AvgIpc) is 2.27. The van der Waals surface area contributed by atoms with Gasteiger partial charge in [0, 0.05) is 12.1 Å². The quantitative estimate of drug-likeness (QED) is 0.812. The van der Waals surface area contributed by atoms with Crippen molar-refractivity contribution < 1.29 is 0 Å². The summed E-state index contributed by atoms with van der Waals surface area (Å²) in [4.78, 5) is 2.68. The smallest absolute Gasteiger partial charge is 0.0152 e. The molecular formula is C15H28N2. The van der Waals surface area contributed by atoms with E-state index in [4.69, 9.17) is 5.73 Å². The van der Waals surface area contributed by atoms with E-state index in [1.807, 2.05) is 0 Å². The summed E-state index contributed by atoms with van der Waals surface area (Å²) in [5, 5.41) is 0. The van der Waals surface area contributed by atoms with E-state index in [9.17, 15) is 0 Å². The summed E-state index contributed by atoms with van der Waals surface area (Å²) in [6.07, 6.45) is 8.81. The minimum Gasteiger partial charge on any atom is -0.330 e. The SMILES string of the molecule is CC(CCN)N(C)C1C2CC3CC(C2)CC1C3. The van der Waals surface area contributed by atoms with Gasteiger partial charge in [0.05, 0.1) is 0 Å². The summed E-state index contributed by atoms with van der Waals surface area (Å²) in [7, 11) is 2.35. The number of rotatable bonds is 4. The standard InChI is InChI=1S/C15H28N2/c1-10(3-4-16)17(2)15-13-6-11-5-12(8-13)9-14(15)7-11/h10-15H,3-9,16H2,1-2H3. The van der Waals surface area contributed by atoms with E-state index in [0.717, 1.165) is 42.7 Å². The molecule has 0 radical (unpaired) electrons. The number of nitrogens with two attached hydrogens (primary N) is 1. The zero-order chi connectivity index (χ0) is 12.0. The molecule has 0 aromatic rings. The van der Waals surface area contributed by atoms with Crippen molar-refractivity contribution >= 4 is 0 Å². The average molecular weight is 236 g/mol. The first-order chi connectivity index (χ1) is 8.19. The highest BCUT2D eigenvalue weighted by Crippen LogP contribution is 2.55. The predicted octanol–water partition coefficient (Wildman–Crippen LogP) is 2.48. The van der Waals surface area contributed by atoms with E-state index in [1.54, 1.807) is 6.42 Å². The van der Waals surface area contributed by atoms with Crippen LogP contribution in [-0.2, 0) is 0 Å². The molecule has 2 nitrogen and oxygen atoms in total. The molecule has 0 heterocycles. The van der Waals surface area contributed by atoms with Crippen molar-refractivity contribution in [2.75, 3.05) is 13.6 Å². The molecule has 0 saturated heterocycles. The van der Waals surface area contributed by atoms with E-state index in [2.05, 4.69) is 18.9 Å². The van der Waals surface area contributed by atoms with Crippen LogP contribution in [0, 0.1) is 23.7 Å². The molecule has 4 saturated carbocycles. The minimum atomic E-state index is 0.669. The van der Waals surface area contributed by atoms with Gasteiger partial charge in [-0.2, -0.15) is 0 Å². The van der Waals surface area contributed by atoms with Crippen molar-refractivity contribution in [3.8, 4) is 0 Å². The summed E-state index contributed by atoms with van der Waals surface area (Å²) < 4.78 is 0. The molecule has 0 aliphatic heterocycles. The summed E-state index contributed by atoms with van der Waals surface area (Å²) >= 11 is 0. The Labute approximate surface area is 106 Å². The Bertz CT molecular complexity index is 248. The van der Waals surface area contributed by atoms with Crippen LogP contribution in [0.4, 0.5) is 0 Å². The van der Waals surface area contributed by atoms with E-state index in [-0.39, 0.29) is 0 Å². The highest BCUT2D eigenvalue weighted by atomic mass is 15.2. The molecular weight excluding hydrogens is 208 g/mol. The van der Waals surface area contributed by atoms with Crippen LogP contribution in [0.5, 0.6) is 0 Å². The third-order valence-corrected chi connectivity index (χ3v) is 5.93. The molecule has 17 heavy (non-hydrogen) atoms. The largest absolute Gasteiger partial charge is 0.330 e. The first kappa shape index (κ1) is 12.0. The van der Waals surface area contributed by atoms with Gasteiger partial charge in [-0.25, -0.2) is 0 Å². The van der Waals surface area contributed by atoms with E-state index in [1.165, 1.54) is 25.7 Å². The van der Waals surface area contributed by atoms with Gasteiger partial charge < -0.3 is 10.6 Å². The molecule has 0 spiro atoms. The summed E-state index contributed by atoms with van der Waals surface area (Å²) in [5.41, 5.74) is 5.72. The summed E-state index contributed by atoms with van der Waals surface area (Å²) in [6, 6.07) is 1.55. The Hall–Kier alpha value is -0.0800. The van der Waals surface area contributed by atoms with Gasteiger partial charge >= 0.3 is 0 Å². The second kappa shape index (κ2) is 4.55. The lowest BCUT2D eigenvalue weighted by Gasteiger charge is -2.57. The Balaban J connectivity index is 1.71. The highest BCUT2D eigenvalue weighted by Gasteiger charge is 2.49. The zero-order valence-electron chi connectivity index (χ0n) is 11.4. The fourth-order valence-electron chi connectivity index (χ4n) is 5.30. The molecule has 4 bridgehead atoms. The van der Waals surface area contributed by atoms with Crippen molar-refractivity contribution in [2.45, 2.75) is 57.5 Å². The third-order valence-electron chi connectivity index (χ3n) is 5.93. The van der Waals surface area contributed by atoms with Crippen LogP contribution in [0.2, 0.25) is 0 Å². The maximum absolute atomic E-state index is 5.72. The van der Waals surface area contributed by atoms with Crippen molar-refractivity contribution in [2.24, 2.45) is 29.4 Å². The van der Waals surface area contributed by atoms with Gasteiger partial charge in [0.2, 0.25) is 0 Å². The molecule has 4 fully saturated rings. The molecule has 4 aliphatic carbocycles. The van der Waals surface area contributed by atoms with Gasteiger partial charge in [-0.05, 0) is 82.7 Å². The zero-order valence-corrected chi connectivity index (χ0v) is 11.4. The number of hydrogen-bond acceptors (Lipinski definition) is 2. The molecule has 2 heteroatoms. The number of hydrogen-bond donors (Lipinski definition) is 1. The van der Waals surface area contributed by atoms with Crippen LogP contribution in [0.15, 0.2) is 0 Å². The second-order valence-corrected chi connectivity index (χ2v) is 7.01. The monoisotopic (exact) mass is 236 g/mol. The molecule has 0 aromatic heterocycles. The topological polar surface area (TPSA) is 29.3 Å². The van der Waals surface area contributed by atoms with Gasteiger partial charge in [0.1, 0.15) is 0 Å². The molecule has 98 valence electrons. The predicted molar refractivity (Wildman–Crippen MR) is 71.7 cm³/mol. The normalized spacial score (nSPS) is 45.5. The van der Waals surface area contributed by atoms with Crippen molar-refractivity contribution in [3.63, 3.8) is 0 Å². The first-order valence-electron chi connectivity index (χ1n) is 7.61. The first-order valence-corrected chi connectivity index (χ1v) is 7.61. The van der Waals surface area contributed by atoms with E-state index in [0.29, 0.717) is 6.04 Å². The van der Waals surface area contributed by atoms with Gasteiger partial charge in [0.15, 0.2) is 0 Å². The molecule has 2 N–H and O–H groups in total. The van der Waals surface area contributed by atoms with Crippen LogP contribution < -0.4 is 5.73 Å². The molecule has 4 aliphatic rings. The van der Waals surface area contributed by atoms with Gasteiger partial charge in [-0.1, -0.05) is 0 Å². The summed E-state index contributed by atoms with van der Waals surface area (Å²) in [6.45, 7) is 3.19. The van der Waals surface area contributed by atoms with Crippen LogP contribution in [0.25, 0.3) is 0 Å². The lowest BCUT2D eigenvalue weighted by Crippen LogP contribution is -2.56. The van der Waals surface area contributed by atoms with Gasteiger partial charge in [-0.3, -0.25) is 0 Å². The fourth-order valence-corrected chi connectivity index (χ4v) is 5.30. The summed E-state index contributed by atoms with van der Waals surface area (Å²) in [5.74, 6) is 4.20. The Morgan fingerprint density at radius 2 is 1.59 bits per heavy atom. The maximum atomic E-state index is 5.72. The molecule has 1 unspecified atom stereocenters. The van der Waals surface area contributed by atoms with Crippen LogP contribution in [0.1, 0.15) is 45.4 Å². The minimum absolute atomic E-state index is 0.669. The highest BCUT2D eigenvalue weighted by molar-refractivity contribution is 5.02. The molecule has 0 aromatic carbocycles. The Kier molecular flexibility index (Phi) is 3.20.